The first-order valence-corrected chi connectivity index (χ1v) is 7.73. The lowest BCUT2D eigenvalue weighted by atomic mass is 10.2. The molecule has 0 aromatic heterocycles. The van der Waals surface area contributed by atoms with Crippen LogP contribution in [0, 0.1) is 6.92 Å². The predicted octanol–water partition coefficient (Wildman–Crippen LogP) is 0.921. The maximum Gasteiger partial charge on any atom is 0.242 e. The van der Waals surface area contributed by atoms with E-state index >= 15 is 0 Å². The lowest BCUT2D eigenvalue weighted by molar-refractivity contribution is -0.117. The standard InChI is InChI=1S/C13H21N3O3S/c1-5-11(14)13(17)15-10-7-6-9(2)12(8-10)20(18,19)16(3)4/h6-8,11H,5,14H2,1-4H3,(H,15,17)/t11-/m0/s1. The van der Waals surface area contributed by atoms with Gasteiger partial charge in [-0.3, -0.25) is 4.79 Å². The van der Waals surface area contributed by atoms with Crippen molar-refractivity contribution in [2.45, 2.75) is 31.2 Å². The van der Waals surface area contributed by atoms with Gasteiger partial charge in [0, 0.05) is 19.8 Å². The lowest BCUT2D eigenvalue weighted by Gasteiger charge is -2.16. The molecule has 0 aliphatic rings. The number of rotatable bonds is 5. The summed E-state index contributed by atoms with van der Waals surface area (Å²) in [6.45, 7) is 3.51. The van der Waals surface area contributed by atoms with Gasteiger partial charge in [-0.1, -0.05) is 13.0 Å². The minimum Gasteiger partial charge on any atom is -0.325 e. The van der Waals surface area contributed by atoms with Gasteiger partial charge in [-0.15, -0.1) is 0 Å². The third-order valence-corrected chi connectivity index (χ3v) is 4.95. The number of nitrogens with two attached hydrogens (primary N) is 1. The van der Waals surface area contributed by atoms with Crippen LogP contribution in [0.5, 0.6) is 0 Å². The minimum atomic E-state index is -3.54. The van der Waals surface area contributed by atoms with Crippen LogP contribution >= 0.6 is 0 Å². The smallest absolute Gasteiger partial charge is 0.242 e. The van der Waals surface area contributed by atoms with E-state index in [0.29, 0.717) is 17.7 Å². The molecule has 3 N–H and O–H groups in total. The normalized spacial score (nSPS) is 13.3. The van der Waals surface area contributed by atoms with E-state index in [1.54, 1.807) is 26.0 Å². The SMILES string of the molecule is CC[C@H](N)C(=O)Nc1ccc(C)c(S(=O)(=O)N(C)C)c1. The van der Waals surface area contributed by atoms with Crippen LogP contribution in [0.25, 0.3) is 0 Å². The van der Waals surface area contributed by atoms with Crippen molar-refractivity contribution in [3.05, 3.63) is 23.8 Å². The van der Waals surface area contributed by atoms with Crippen LogP contribution in [0.1, 0.15) is 18.9 Å². The van der Waals surface area contributed by atoms with Crippen molar-refractivity contribution in [1.82, 2.24) is 4.31 Å². The molecule has 0 radical (unpaired) electrons. The molecule has 1 aromatic carbocycles. The van der Waals surface area contributed by atoms with Gasteiger partial charge in [0.05, 0.1) is 10.9 Å². The number of nitrogens with one attached hydrogen (secondary N) is 1. The summed E-state index contributed by atoms with van der Waals surface area (Å²) in [5.74, 6) is -0.329. The molecular weight excluding hydrogens is 278 g/mol. The molecule has 0 unspecified atom stereocenters. The predicted molar refractivity (Wildman–Crippen MR) is 78.9 cm³/mol. The van der Waals surface area contributed by atoms with E-state index in [2.05, 4.69) is 5.32 Å². The van der Waals surface area contributed by atoms with E-state index in [4.69, 9.17) is 5.73 Å². The summed E-state index contributed by atoms with van der Waals surface area (Å²) in [5, 5.41) is 2.62. The first-order valence-electron chi connectivity index (χ1n) is 6.29. The van der Waals surface area contributed by atoms with Crippen LogP contribution in [0.4, 0.5) is 5.69 Å². The van der Waals surface area contributed by atoms with Crippen LogP contribution in [0.3, 0.4) is 0 Å². The van der Waals surface area contributed by atoms with Gasteiger partial charge in [0.2, 0.25) is 15.9 Å². The number of carbonyl (C=O) groups is 1. The van der Waals surface area contributed by atoms with Crippen LogP contribution in [-0.4, -0.2) is 38.8 Å². The molecule has 0 bridgehead atoms. The molecule has 1 amide bonds. The zero-order valence-electron chi connectivity index (χ0n) is 12.2. The molecule has 0 heterocycles. The van der Waals surface area contributed by atoms with E-state index in [1.807, 2.05) is 0 Å². The number of benzene rings is 1. The fourth-order valence-corrected chi connectivity index (χ4v) is 2.72. The first kappa shape index (κ1) is 16.6. The molecule has 0 spiro atoms. The number of anilines is 1. The zero-order chi connectivity index (χ0) is 15.5. The van der Waals surface area contributed by atoms with Crippen molar-refractivity contribution in [2.24, 2.45) is 5.73 Å². The Balaban J connectivity index is 3.13. The fourth-order valence-electron chi connectivity index (χ4n) is 1.57. The minimum absolute atomic E-state index is 0.172. The van der Waals surface area contributed by atoms with Gasteiger partial charge in [0.25, 0.3) is 0 Å². The Labute approximate surface area is 120 Å². The zero-order valence-corrected chi connectivity index (χ0v) is 13.0. The monoisotopic (exact) mass is 299 g/mol. The maximum atomic E-state index is 12.2. The fraction of sp³-hybridized carbons (Fsp3) is 0.462. The van der Waals surface area contributed by atoms with Crippen LogP contribution < -0.4 is 11.1 Å². The highest BCUT2D eigenvalue weighted by atomic mass is 32.2. The molecular formula is C13H21N3O3S. The number of hydrogen-bond donors (Lipinski definition) is 2. The highest BCUT2D eigenvalue weighted by Gasteiger charge is 2.20. The third-order valence-electron chi connectivity index (χ3n) is 2.99. The third kappa shape index (κ3) is 3.56. The number of amides is 1. The first-order chi connectivity index (χ1) is 9.20. The second-order valence-electron chi connectivity index (χ2n) is 4.77. The number of hydrogen-bond acceptors (Lipinski definition) is 4. The Bertz CT molecular complexity index is 597. The Morgan fingerprint density at radius 3 is 2.50 bits per heavy atom. The van der Waals surface area contributed by atoms with Crippen LogP contribution in [0.2, 0.25) is 0 Å². The highest BCUT2D eigenvalue weighted by Crippen LogP contribution is 2.22. The van der Waals surface area contributed by atoms with E-state index in [-0.39, 0.29) is 10.8 Å². The van der Waals surface area contributed by atoms with Gasteiger partial charge in [-0.25, -0.2) is 12.7 Å². The summed E-state index contributed by atoms with van der Waals surface area (Å²) in [7, 11) is -0.610. The Morgan fingerprint density at radius 1 is 1.40 bits per heavy atom. The summed E-state index contributed by atoms with van der Waals surface area (Å²) >= 11 is 0. The number of sulfonamides is 1. The number of aryl methyl sites for hydroxylation is 1. The average molecular weight is 299 g/mol. The molecule has 112 valence electrons. The Morgan fingerprint density at radius 2 is 2.00 bits per heavy atom. The maximum absolute atomic E-state index is 12.2. The summed E-state index contributed by atoms with van der Waals surface area (Å²) in [6.07, 6.45) is 0.514. The van der Waals surface area contributed by atoms with Crippen molar-refractivity contribution in [3.63, 3.8) is 0 Å². The van der Waals surface area contributed by atoms with Crippen molar-refractivity contribution >= 4 is 21.6 Å². The van der Waals surface area contributed by atoms with Gasteiger partial charge in [0.15, 0.2) is 0 Å². The lowest BCUT2D eigenvalue weighted by Crippen LogP contribution is -2.34. The molecule has 1 atom stereocenters. The molecule has 0 saturated carbocycles. The van der Waals surface area contributed by atoms with Crippen molar-refractivity contribution < 1.29 is 13.2 Å². The summed E-state index contributed by atoms with van der Waals surface area (Å²) in [5.41, 5.74) is 6.67. The second-order valence-corrected chi connectivity index (χ2v) is 6.89. The topological polar surface area (TPSA) is 92.5 Å². The van der Waals surface area contributed by atoms with Gasteiger partial charge in [-0.2, -0.15) is 0 Å². The summed E-state index contributed by atoms with van der Waals surface area (Å²) in [4.78, 5) is 11.9. The van der Waals surface area contributed by atoms with Crippen molar-refractivity contribution in [2.75, 3.05) is 19.4 Å². The molecule has 0 saturated heterocycles. The molecule has 7 heteroatoms. The molecule has 0 aliphatic heterocycles. The average Bonchev–Trinajstić information content (AvgIpc) is 2.39. The Hall–Kier alpha value is -1.44. The van der Waals surface area contributed by atoms with Crippen molar-refractivity contribution in [3.8, 4) is 0 Å². The van der Waals surface area contributed by atoms with E-state index in [1.165, 1.54) is 20.2 Å². The summed E-state index contributed by atoms with van der Waals surface area (Å²) < 4.78 is 25.5. The van der Waals surface area contributed by atoms with Crippen LogP contribution in [0.15, 0.2) is 23.1 Å². The number of nitrogens with zero attached hydrogens (tertiary/aromatic N) is 1. The van der Waals surface area contributed by atoms with Gasteiger partial charge >= 0.3 is 0 Å². The van der Waals surface area contributed by atoms with Gasteiger partial charge < -0.3 is 11.1 Å². The molecule has 0 aliphatic carbocycles. The summed E-state index contributed by atoms with van der Waals surface area (Å²) in [6, 6.07) is 4.16. The largest absolute Gasteiger partial charge is 0.325 e. The molecule has 6 nitrogen and oxygen atoms in total. The molecule has 1 rings (SSSR count). The highest BCUT2D eigenvalue weighted by molar-refractivity contribution is 7.89. The second kappa shape index (κ2) is 6.34. The molecule has 0 fully saturated rings. The van der Waals surface area contributed by atoms with Crippen LogP contribution in [-0.2, 0) is 14.8 Å². The Kier molecular flexibility index (Phi) is 5.27. The van der Waals surface area contributed by atoms with Crippen molar-refractivity contribution in [1.29, 1.82) is 0 Å². The molecule has 1 aromatic rings. The van der Waals surface area contributed by atoms with Gasteiger partial charge in [-0.05, 0) is 31.0 Å². The molecule has 20 heavy (non-hydrogen) atoms. The van der Waals surface area contributed by atoms with E-state index in [0.717, 1.165) is 4.31 Å². The quantitative estimate of drug-likeness (QED) is 0.845. The number of carbonyl (C=O) groups excluding carboxylic acids is 1. The van der Waals surface area contributed by atoms with Gasteiger partial charge in [0.1, 0.15) is 0 Å². The van der Waals surface area contributed by atoms with E-state index in [9.17, 15) is 13.2 Å². The van der Waals surface area contributed by atoms with E-state index < -0.39 is 16.1 Å².